The van der Waals surface area contributed by atoms with Crippen molar-refractivity contribution in [2.75, 3.05) is 51.3 Å². The lowest BCUT2D eigenvalue weighted by Gasteiger charge is -2.34. The number of benzene rings is 1. The Kier molecular flexibility index (Phi) is 7.93. The van der Waals surface area contributed by atoms with Crippen molar-refractivity contribution >= 4 is 11.6 Å². The highest BCUT2D eigenvalue weighted by Crippen LogP contribution is 2.21. The Morgan fingerprint density at radius 2 is 2.14 bits per heavy atom. The van der Waals surface area contributed by atoms with Crippen molar-refractivity contribution in [3.05, 3.63) is 48.3 Å². The summed E-state index contributed by atoms with van der Waals surface area (Å²) in [6.45, 7) is 7.21. The molecule has 1 fully saturated rings. The number of nitrogens with zero attached hydrogens (tertiary/aromatic N) is 5. The van der Waals surface area contributed by atoms with E-state index in [0.717, 1.165) is 57.1 Å². The number of anilines is 1. The third kappa shape index (κ3) is 6.22. The number of rotatable bonds is 8. The van der Waals surface area contributed by atoms with Crippen molar-refractivity contribution in [3.63, 3.8) is 0 Å². The van der Waals surface area contributed by atoms with Crippen LogP contribution in [0.3, 0.4) is 0 Å². The number of para-hydroxylation sites is 1. The van der Waals surface area contributed by atoms with Gasteiger partial charge in [0, 0.05) is 57.7 Å². The number of aliphatic imine (C=N–C) groups is 1. The number of nitrogens with one attached hydrogen (secondary N) is 1. The van der Waals surface area contributed by atoms with Crippen LogP contribution in [0, 0.1) is 0 Å². The van der Waals surface area contributed by atoms with Crippen LogP contribution in [0.1, 0.15) is 31.4 Å². The monoisotopic (exact) mass is 398 g/mol. The zero-order chi connectivity index (χ0) is 20.5. The molecule has 0 radical (unpaired) electrons. The van der Waals surface area contributed by atoms with Gasteiger partial charge in [0.15, 0.2) is 5.96 Å². The summed E-state index contributed by atoms with van der Waals surface area (Å²) in [5.74, 6) is 0.987. The molecule has 0 bridgehead atoms. The minimum absolute atomic E-state index is 0.0424. The third-order valence-electron chi connectivity index (χ3n) is 5.16. The normalized spacial score (nSPS) is 17.4. The van der Waals surface area contributed by atoms with Crippen molar-refractivity contribution in [1.82, 2.24) is 20.0 Å². The van der Waals surface area contributed by atoms with Gasteiger partial charge in [-0.3, -0.25) is 9.67 Å². The topological polar surface area (TPSA) is 57.9 Å². The van der Waals surface area contributed by atoms with Gasteiger partial charge in [0.25, 0.3) is 0 Å². The Morgan fingerprint density at radius 1 is 1.31 bits per heavy atom. The number of unbranched alkanes of at least 4 members (excludes halogenated alkanes) is 1. The molecular formula is C22H34N6O. The Balaban J connectivity index is 1.48. The second-order valence-corrected chi connectivity index (χ2v) is 7.45. The molecule has 1 aliphatic heterocycles. The SMILES string of the molecule is CCNC(=NCCCCN(C)c1ccccc1)N1CCOC(c2cnn(C)c2)C1. The van der Waals surface area contributed by atoms with Crippen LogP contribution in [-0.4, -0.2) is 67.0 Å². The summed E-state index contributed by atoms with van der Waals surface area (Å²) in [4.78, 5) is 9.48. The van der Waals surface area contributed by atoms with Gasteiger partial charge in [-0.2, -0.15) is 5.10 Å². The van der Waals surface area contributed by atoms with Crippen molar-refractivity contribution in [1.29, 1.82) is 0 Å². The van der Waals surface area contributed by atoms with Crippen LogP contribution < -0.4 is 10.2 Å². The van der Waals surface area contributed by atoms with E-state index in [4.69, 9.17) is 9.73 Å². The number of aromatic nitrogens is 2. The lowest BCUT2D eigenvalue weighted by molar-refractivity contribution is -0.00804. The van der Waals surface area contributed by atoms with Crippen molar-refractivity contribution < 1.29 is 4.74 Å². The molecule has 2 heterocycles. The number of hydrogen-bond acceptors (Lipinski definition) is 4. The van der Waals surface area contributed by atoms with Gasteiger partial charge in [0.1, 0.15) is 6.10 Å². The van der Waals surface area contributed by atoms with Gasteiger partial charge in [0.2, 0.25) is 0 Å². The maximum Gasteiger partial charge on any atom is 0.194 e. The van der Waals surface area contributed by atoms with E-state index < -0.39 is 0 Å². The van der Waals surface area contributed by atoms with E-state index in [1.165, 1.54) is 5.69 Å². The van der Waals surface area contributed by atoms with Crippen LogP contribution in [0.4, 0.5) is 5.69 Å². The van der Waals surface area contributed by atoms with Gasteiger partial charge >= 0.3 is 0 Å². The van der Waals surface area contributed by atoms with Gasteiger partial charge < -0.3 is 19.9 Å². The molecule has 1 atom stereocenters. The summed E-state index contributed by atoms with van der Waals surface area (Å²) in [6.07, 6.45) is 6.15. The van der Waals surface area contributed by atoms with Gasteiger partial charge in [-0.1, -0.05) is 18.2 Å². The Morgan fingerprint density at radius 3 is 2.86 bits per heavy atom. The fourth-order valence-electron chi connectivity index (χ4n) is 3.53. The van der Waals surface area contributed by atoms with E-state index in [1.54, 1.807) is 0 Å². The molecule has 158 valence electrons. The van der Waals surface area contributed by atoms with E-state index in [1.807, 2.05) is 24.1 Å². The highest BCUT2D eigenvalue weighted by Gasteiger charge is 2.25. The molecule has 0 spiro atoms. The molecule has 1 aromatic heterocycles. The summed E-state index contributed by atoms with van der Waals surface area (Å²) in [7, 11) is 4.08. The van der Waals surface area contributed by atoms with E-state index in [9.17, 15) is 0 Å². The number of aryl methyl sites for hydroxylation is 1. The van der Waals surface area contributed by atoms with Crippen molar-refractivity contribution in [2.45, 2.75) is 25.9 Å². The van der Waals surface area contributed by atoms with E-state index in [2.05, 4.69) is 64.5 Å². The first-order valence-electron chi connectivity index (χ1n) is 10.6. The standard InChI is InChI=1S/C22H34N6O/c1-4-23-22(24-12-8-9-13-26(2)20-10-6-5-7-11-20)28-14-15-29-21(18-28)19-16-25-27(3)17-19/h5-7,10-11,16-17,21H,4,8-9,12-15,18H2,1-3H3,(H,23,24). The first-order chi connectivity index (χ1) is 14.2. The quantitative estimate of drug-likeness (QED) is 0.421. The minimum atomic E-state index is 0.0424. The Labute approximate surface area is 174 Å². The zero-order valence-corrected chi connectivity index (χ0v) is 17.9. The Bertz CT molecular complexity index is 760. The molecule has 29 heavy (non-hydrogen) atoms. The fourth-order valence-corrected chi connectivity index (χ4v) is 3.53. The number of guanidine groups is 1. The summed E-state index contributed by atoms with van der Waals surface area (Å²) in [6, 6.07) is 10.5. The average Bonchev–Trinajstić information content (AvgIpc) is 3.19. The summed E-state index contributed by atoms with van der Waals surface area (Å²) in [5.41, 5.74) is 2.39. The predicted octanol–water partition coefficient (Wildman–Crippen LogP) is 2.68. The van der Waals surface area contributed by atoms with Crippen LogP contribution in [0.5, 0.6) is 0 Å². The van der Waals surface area contributed by atoms with Crippen molar-refractivity contribution in [3.8, 4) is 0 Å². The Hall–Kier alpha value is -2.54. The summed E-state index contributed by atoms with van der Waals surface area (Å²) >= 11 is 0. The van der Waals surface area contributed by atoms with Crippen molar-refractivity contribution in [2.24, 2.45) is 12.0 Å². The fraction of sp³-hybridized carbons (Fsp3) is 0.545. The first kappa shape index (κ1) is 21.2. The number of morpholine rings is 1. The molecular weight excluding hydrogens is 364 g/mol. The minimum Gasteiger partial charge on any atom is -0.375 e. The van der Waals surface area contributed by atoms with E-state index in [-0.39, 0.29) is 6.10 Å². The lowest BCUT2D eigenvalue weighted by atomic mass is 10.1. The van der Waals surface area contributed by atoms with Crippen LogP contribution in [-0.2, 0) is 11.8 Å². The average molecular weight is 399 g/mol. The molecule has 0 saturated carbocycles. The maximum atomic E-state index is 5.96. The molecule has 1 N–H and O–H groups in total. The van der Waals surface area contributed by atoms with Crippen LogP contribution >= 0.6 is 0 Å². The van der Waals surface area contributed by atoms with Gasteiger partial charge in [-0.15, -0.1) is 0 Å². The third-order valence-corrected chi connectivity index (χ3v) is 5.16. The summed E-state index contributed by atoms with van der Waals surface area (Å²) in [5, 5.41) is 7.72. The van der Waals surface area contributed by atoms with Gasteiger partial charge in [-0.25, -0.2) is 0 Å². The second kappa shape index (κ2) is 10.9. The van der Waals surface area contributed by atoms with Gasteiger partial charge in [0.05, 0.1) is 19.3 Å². The molecule has 7 nitrogen and oxygen atoms in total. The molecule has 1 aromatic carbocycles. The molecule has 3 rings (SSSR count). The van der Waals surface area contributed by atoms with E-state index >= 15 is 0 Å². The molecule has 7 heteroatoms. The maximum absolute atomic E-state index is 5.96. The molecule has 0 aliphatic carbocycles. The number of hydrogen-bond donors (Lipinski definition) is 1. The van der Waals surface area contributed by atoms with Crippen LogP contribution in [0.15, 0.2) is 47.7 Å². The van der Waals surface area contributed by atoms with E-state index in [0.29, 0.717) is 6.61 Å². The van der Waals surface area contributed by atoms with Crippen LogP contribution in [0.2, 0.25) is 0 Å². The van der Waals surface area contributed by atoms with Crippen LogP contribution in [0.25, 0.3) is 0 Å². The number of ether oxygens (including phenoxy) is 1. The smallest absolute Gasteiger partial charge is 0.194 e. The lowest BCUT2D eigenvalue weighted by Crippen LogP contribution is -2.48. The molecule has 0 amide bonds. The second-order valence-electron chi connectivity index (χ2n) is 7.45. The first-order valence-corrected chi connectivity index (χ1v) is 10.6. The molecule has 1 unspecified atom stereocenters. The molecule has 1 saturated heterocycles. The highest BCUT2D eigenvalue weighted by atomic mass is 16.5. The van der Waals surface area contributed by atoms with Gasteiger partial charge in [-0.05, 0) is 31.9 Å². The molecule has 1 aliphatic rings. The molecule has 2 aromatic rings. The highest BCUT2D eigenvalue weighted by molar-refractivity contribution is 5.80. The summed E-state index contributed by atoms with van der Waals surface area (Å²) < 4.78 is 7.79. The largest absolute Gasteiger partial charge is 0.375 e. The zero-order valence-electron chi connectivity index (χ0n) is 17.9. The predicted molar refractivity (Wildman–Crippen MR) is 118 cm³/mol.